The van der Waals surface area contributed by atoms with Crippen molar-refractivity contribution in [2.75, 3.05) is 19.4 Å². The third kappa shape index (κ3) is 4.37. The number of phenolic OH excluding ortho intramolecular Hbond substituents is 1. The second-order valence-corrected chi connectivity index (χ2v) is 11.9. The number of Topliss-reactive ketones (excluding diaryl/α,β-unsaturated/α-hetero) is 2. The molecule has 3 aromatic rings. The van der Waals surface area contributed by atoms with E-state index in [4.69, 9.17) is 5.73 Å². The molecule has 6 rings (SSSR count). The number of aliphatic hydroxyl groups excluding tert-OH is 2. The lowest BCUT2D eigenvalue weighted by Crippen LogP contribution is -2.65. The van der Waals surface area contributed by atoms with Gasteiger partial charge >= 0.3 is 0 Å². The highest BCUT2D eigenvalue weighted by Gasteiger charge is 2.64. The number of primary amides is 1. The number of carbonyl (C=O) groups is 3. The molecule has 0 saturated heterocycles. The molecule has 3 aliphatic carbocycles. The Labute approximate surface area is 253 Å². The number of hydrogen-bond acceptors (Lipinski definition) is 9. The number of ketones is 2. The quantitative estimate of drug-likeness (QED) is 0.234. The first kappa shape index (κ1) is 29.2. The van der Waals surface area contributed by atoms with E-state index in [2.05, 4.69) is 5.32 Å². The molecule has 7 N–H and O–H groups in total. The Morgan fingerprint density at radius 1 is 1.00 bits per heavy atom. The number of aliphatic hydroxyl groups is 3. The Bertz CT molecular complexity index is 1760. The van der Waals surface area contributed by atoms with E-state index in [1.807, 2.05) is 54.6 Å². The van der Waals surface area contributed by atoms with E-state index in [0.717, 1.165) is 22.4 Å². The minimum absolute atomic E-state index is 0.0327. The molecular weight excluding hydrogens is 562 g/mol. The van der Waals surface area contributed by atoms with Crippen LogP contribution in [0.4, 0.5) is 5.69 Å². The normalized spacial score (nSPS) is 24.6. The summed E-state index contributed by atoms with van der Waals surface area (Å²) in [5, 5.41) is 48.5. The van der Waals surface area contributed by atoms with Gasteiger partial charge in [-0.2, -0.15) is 0 Å². The number of benzene rings is 3. The molecule has 226 valence electrons. The third-order valence-electron chi connectivity index (χ3n) is 9.14. The van der Waals surface area contributed by atoms with Crippen LogP contribution in [0.15, 0.2) is 83.6 Å². The molecule has 0 bridgehead atoms. The number of amides is 1. The maximum atomic E-state index is 14.0. The van der Waals surface area contributed by atoms with Crippen LogP contribution in [-0.2, 0) is 27.3 Å². The number of anilines is 1. The summed E-state index contributed by atoms with van der Waals surface area (Å²) in [5.41, 5.74) is 6.03. The zero-order valence-corrected chi connectivity index (χ0v) is 24.2. The first-order valence-corrected chi connectivity index (χ1v) is 14.3. The van der Waals surface area contributed by atoms with Crippen LogP contribution in [0.1, 0.15) is 23.1 Å². The third-order valence-corrected chi connectivity index (χ3v) is 9.14. The van der Waals surface area contributed by atoms with Crippen LogP contribution in [0.5, 0.6) is 5.75 Å². The van der Waals surface area contributed by atoms with Gasteiger partial charge in [-0.15, -0.1) is 0 Å². The van der Waals surface area contributed by atoms with Crippen LogP contribution < -0.4 is 11.1 Å². The summed E-state index contributed by atoms with van der Waals surface area (Å²) in [6, 6.07) is 19.8. The zero-order valence-electron chi connectivity index (χ0n) is 24.2. The Morgan fingerprint density at radius 2 is 1.68 bits per heavy atom. The molecule has 0 aromatic heterocycles. The fourth-order valence-electron chi connectivity index (χ4n) is 7.08. The van der Waals surface area contributed by atoms with Gasteiger partial charge in [-0.3, -0.25) is 19.3 Å². The van der Waals surface area contributed by atoms with E-state index in [1.54, 1.807) is 20.2 Å². The number of nitrogens with two attached hydrogens (primary N) is 1. The molecule has 0 spiro atoms. The molecule has 3 aromatic carbocycles. The summed E-state index contributed by atoms with van der Waals surface area (Å²) in [6.45, 7) is 0.615. The fourth-order valence-corrected chi connectivity index (χ4v) is 7.08. The minimum Gasteiger partial charge on any atom is -0.508 e. The molecule has 0 radical (unpaired) electrons. The van der Waals surface area contributed by atoms with E-state index in [0.29, 0.717) is 12.1 Å². The second kappa shape index (κ2) is 10.7. The Hall–Kier alpha value is -4.93. The van der Waals surface area contributed by atoms with Crippen LogP contribution in [0.3, 0.4) is 0 Å². The van der Waals surface area contributed by atoms with Crippen molar-refractivity contribution in [2.24, 2.45) is 17.6 Å². The lowest BCUT2D eigenvalue weighted by Gasteiger charge is -2.50. The maximum absolute atomic E-state index is 14.0. The Kier molecular flexibility index (Phi) is 7.06. The van der Waals surface area contributed by atoms with Gasteiger partial charge < -0.3 is 31.5 Å². The van der Waals surface area contributed by atoms with Gasteiger partial charge in [0.2, 0.25) is 5.78 Å². The van der Waals surface area contributed by atoms with Crippen molar-refractivity contribution < 1.29 is 34.8 Å². The van der Waals surface area contributed by atoms with Gasteiger partial charge in [-0.05, 0) is 73.3 Å². The van der Waals surface area contributed by atoms with Crippen LogP contribution in [0.25, 0.3) is 16.9 Å². The number of hydrogen-bond donors (Lipinski definition) is 6. The van der Waals surface area contributed by atoms with Crippen LogP contribution in [-0.4, -0.2) is 68.5 Å². The van der Waals surface area contributed by atoms with Gasteiger partial charge in [0, 0.05) is 23.7 Å². The standard InChI is InChI=1S/C34H33N3O7/c1-37(2)28-23-15-19-14-22-21(18-10-8-17(9-11-18)16-36-20-6-4-3-5-7-20)12-13-24(38)26(22)29(39)25(19)31(41)34(23,44)32(42)27(30(28)40)33(35)43/h3-13,19,23,28,36,38-39,42,44H,14-16H2,1-2H3,(H2,35,43)/t19-,23-,28+,34-/m0/s1. The molecule has 0 unspecified atom stereocenters. The summed E-state index contributed by atoms with van der Waals surface area (Å²) in [7, 11) is 3.14. The van der Waals surface area contributed by atoms with Crippen molar-refractivity contribution in [1.29, 1.82) is 0 Å². The molecule has 1 saturated carbocycles. The number of nitrogens with zero attached hydrogens (tertiary/aromatic N) is 1. The topological polar surface area (TPSA) is 173 Å². The van der Waals surface area contributed by atoms with E-state index in [-0.39, 0.29) is 29.7 Å². The average Bonchev–Trinajstić information content (AvgIpc) is 2.98. The molecule has 1 amide bonds. The van der Waals surface area contributed by atoms with Crippen LogP contribution in [0.2, 0.25) is 0 Å². The predicted molar refractivity (Wildman–Crippen MR) is 163 cm³/mol. The highest BCUT2D eigenvalue weighted by atomic mass is 16.3. The van der Waals surface area contributed by atoms with Crippen LogP contribution in [0, 0.1) is 11.8 Å². The van der Waals surface area contributed by atoms with Crippen molar-refractivity contribution in [3.8, 4) is 16.9 Å². The summed E-state index contributed by atoms with van der Waals surface area (Å²) >= 11 is 0. The van der Waals surface area contributed by atoms with E-state index < -0.39 is 58.0 Å². The number of nitrogens with one attached hydrogen (secondary N) is 1. The zero-order chi connectivity index (χ0) is 31.5. The van der Waals surface area contributed by atoms with Gasteiger partial charge in [-0.1, -0.05) is 48.5 Å². The van der Waals surface area contributed by atoms with Crippen molar-refractivity contribution in [3.05, 3.63) is 100 Å². The summed E-state index contributed by atoms with van der Waals surface area (Å²) in [6.07, 6.45) is 0.251. The smallest absolute Gasteiger partial charge is 0.255 e. The Balaban J connectivity index is 1.41. The van der Waals surface area contributed by atoms with E-state index in [1.165, 1.54) is 11.0 Å². The van der Waals surface area contributed by atoms with Gasteiger partial charge in [0.1, 0.15) is 22.8 Å². The summed E-state index contributed by atoms with van der Waals surface area (Å²) < 4.78 is 0. The first-order chi connectivity index (χ1) is 20.9. The largest absolute Gasteiger partial charge is 0.508 e. The van der Waals surface area contributed by atoms with Gasteiger partial charge in [0.05, 0.1) is 11.6 Å². The molecule has 10 nitrogen and oxygen atoms in total. The number of carbonyl (C=O) groups excluding carboxylic acids is 3. The predicted octanol–water partition coefficient (Wildman–Crippen LogP) is 3.24. The van der Waals surface area contributed by atoms with E-state index in [9.17, 15) is 34.8 Å². The molecule has 1 fully saturated rings. The summed E-state index contributed by atoms with van der Waals surface area (Å²) in [5.74, 6) is -6.71. The molecular formula is C34H33N3O7. The average molecular weight is 596 g/mol. The number of rotatable bonds is 6. The number of phenols is 1. The van der Waals surface area contributed by atoms with Crippen molar-refractivity contribution in [1.82, 2.24) is 4.90 Å². The SMILES string of the molecule is CN(C)[C@H]1C(=O)C(C(N)=O)=C(O)[C@@]2(O)C(=O)C3=C(O)c4c(O)ccc(-c5ccc(CNc6ccccc6)cc5)c4C[C@H]3C[C@@H]12. The van der Waals surface area contributed by atoms with Crippen LogP contribution >= 0.6 is 0 Å². The van der Waals surface area contributed by atoms with Crippen molar-refractivity contribution in [2.45, 2.75) is 31.0 Å². The second-order valence-electron chi connectivity index (χ2n) is 11.9. The Morgan fingerprint density at radius 3 is 2.32 bits per heavy atom. The molecule has 3 aliphatic rings. The number of aromatic hydroxyl groups is 1. The van der Waals surface area contributed by atoms with Crippen molar-refractivity contribution >= 4 is 28.9 Å². The minimum atomic E-state index is -2.67. The fraction of sp³-hybridized carbons (Fsp3) is 0.265. The molecule has 0 heterocycles. The number of likely N-dealkylation sites (N-methyl/N-ethyl adjacent to an activating group) is 1. The molecule has 4 atom stereocenters. The highest BCUT2D eigenvalue weighted by Crippen LogP contribution is 2.53. The van der Waals surface area contributed by atoms with Gasteiger partial charge in [0.15, 0.2) is 11.4 Å². The van der Waals surface area contributed by atoms with E-state index >= 15 is 0 Å². The monoisotopic (exact) mass is 595 g/mol. The molecule has 10 heteroatoms. The first-order valence-electron chi connectivity index (χ1n) is 14.3. The van der Waals surface area contributed by atoms with Gasteiger partial charge in [-0.25, -0.2) is 0 Å². The van der Waals surface area contributed by atoms with Crippen molar-refractivity contribution in [3.63, 3.8) is 0 Å². The summed E-state index contributed by atoms with van der Waals surface area (Å²) in [4.78, 5) is 41.0. The highest BCUT2D eigenvalue weighted by molar-refractivity contribution is 6.24. The van der Waals surface area contributed by atoms with Gasteiger partial charge in [0.25, 0.3) is 5.91 Å². The lowest BCUT2D eigenvalue weighted by atomic mass is 9.57. The maximum Gasteiger partial charge on any atom is 0.255 e. The molecule has 44 heavy (non-hydrogen) atoms. The number of para-hydroxylation sites is 1. The molecule has 0 aliphatic heterocycles. The number of fused-ring (bicyclic) bond motifs is 3. The lowest BCUT2D eigenvalue weighted by molar-refractivity contribution is -0.153.